The van der Waals surface area contributed by atoms with E-state index in [1.165, 1.54) is 57.8 Å². The molecule has 0 aliphatic rings. The standard InChI is InChI=1S/C27H40O4S/c1-3-4-5-6-7-8-9-10-11-12-13-24-16-20-26(21-17-24)32(29,30)31-22-27(28)25-18-14-23(2)15-19-25/h14-21,27-28H,3-13,22H2,1-2H3. The van der Waals surface area contributed by atoms with Crippen LogP contribution in [0.5, 0.6) is 0 Å². The molecule has 1 unspecified atom stereocenters. The molecule has 0 amide bonds. The van der Waals surface area contributed by atoms with Crippen molar-refractivity contribution in [3.05, 3.63) is 65.2 Å². The molecule has 0 heterocycles. The van der Waals surface area contributed by atoms with Crippen molar-refractivity contribution in [1.29, 1.82) is 0 Å². The summed E-state index contributed by atoms with van der Waals surface area (Å²) < 4.78 is 30.0. The minimum Gasteiger partial charge on any atom is -0.386 e. The first-order valence-corrected chi connectivity index (χ1v) is 13.6. The first kappa shape index (κ1) is 26.6. The first-order chi connectivity index (χ1) is 15.4. The quantitative estimate of drug-likeness (QED) is 0.219. The average molecular weight is 461 g/mol. The third-order valence-electron chi connectivity index (χ3n) is 5.87. The molecule has 0 saturated carbocycles. The van der Waals surface area contributed by atoms with Gasteiger partial charge in [0.2, 0.25) is 0 Å². The van der Waals surface area contributed by atoms with Gasteiger partial charge in [-0.15, -0.1) is 0 Å². The summed E-state index contributed by atoms with van der Waals surface area (Å²) in [5, 5.41) is 10.2. The van der Waals surface area contributed by atoms with Gasteiger partial charge in [0.05, 0.1) is 11.5 Å². The van der Waals surface area contributed by atoms with Crippen molar-refractivity contribution in [3.8, 4) is 0 Å². The maximum Gasteiger partial charge on any atom is 0.297 e. The van der Waals surface area contributed by atoms with Crippen LogP contribution in [0.15, 0.2) is 53.4 Å². The lowest BCUT2D eigenvalue weighted by molar-refractivity contribution is 0.111. The van der Waals surface area contributed by atoms with Gasteiger partial charge in [-0.3, -0.25) is 4.18 Å². The third kappa shape index (κ3) is 9.85. The smallest absolute Gasteiger partial charge is 0.297 e. The SMILES string of the molecule is CCCCCCCCCCCCc1ccc(S(=O)(=O)OCC(O)c2ccc(C)cc2)cc1. The summed E-state index contributed by atoms with van der Waals surface area (Å²) in [5.74, 6) is 0. The molecule has 0 aliphatic heterocycles. The Labute approximate surface area is 195 Å². The Hall–Kier alpha value is -1.69. The monoisotopic (exact) mass is 460 g/mol. The maximum atomic E-state index is 12.4. The number of unbranched alkanes of at least 4 members (excludes halogenated alkanes) is 9. The zero-order valence-corrected chi connectivity index (χ0v) is 20.6. The van der Waals surface area contributed by atoms with Gasteiger partial charge in [-0.2, -0.15) is 8.42 Å². The Morgan fingerprint density at radius 3 is 1.88 bits per heavy atom. The Bertz CT molecular complexity index is 858. The van der Waals surface area contributed by atoms with E-state index in [0.717, 1.165) is 24.0 Å². The maximum absolute atomic E-state index is 12.4. The van der Waals surface area contributed by atoms with E-state index in [-0.39, 0.29) is 11.5 Å². The zero-order chi connectivity index (χ0) is 23.2. The van der Waals surface area contributed by atoms with Crippen LogP contribution in [0.25, 0.3) is 0 Å². The molecule has 0 aromatic heterocycles. The molecule has 0 saturated heterocycles. The molecule has 1 atom stereocenters. The highest BCUT2D eigenvalue weighted by atomic mass is 32.2. The zero-order valence-electron chi connectivity index (χ0n) is 19.8. The Balaban J connectivity index is 1.67. The summed E-state index contributed by atoms with van der Waals surface area (Å²) in [7, 11) is -3.89. The van der Waals surface area contributed by atoms with Gasteiger partial charge in [0.25, 0.3) is 10.1 Å². The second-order valence-electron chi connectivity index (χ2n) is 8.74. The fraction of sp³-hybridized carbons (Fsp3) is 0.556. The van der Waals surface area contributed by atoms with E-state index >= 15 is 0 Å². The summed E-state index contributed by atoms with van der Waals surface area (Å²) in [5.41, 5.74) is 2.85. The van der Waals surface area contributed by atoms with Crippen LogP contribution in [-0.4, -0.2) is 20.1 Å². The Morgan fingerprint density at radius 2 is 1.31 bits per heavy atom. The van der Waals surface area contributed by atoms with Gasteiger partial charge in [0, 0.05) is 0 Å². The van der Waals surface area contributed by atoms with Crippen LogP contribution in [0.1, 0.15) is 93.9 Å². The van der Waals surface area contributed by atoms with Crippen molar-refractivity contribution in [3.63, 3.8) is 0 Å². The van der Waals surface area contributed by atoms with Crippen molar-refractivity contribution in [2.45, 2.75) is 95.5 Å². The number of aliphatic hydroxyl groups is 1. The van der Waals surface area contributed by atoms with Crippen LogP contribution in [0, 0.1) is 6.92 Å². The number of benzene rings is 2. The molecule has 0 bridgehead atoms. The number of hydrogen-bond acceptors (Lipinski definition) is 4. The predicted octanol–water partition coefficient (Wildman–Crippen LogP) is 6.90. The largest absolute Gasteiger partial charge is 0.386 e. The van der Waals surface area contributed by atoms with Gasteiger partial charge < -0.3 is 5.11 Å². The summed E-state index contributed by atoms with van der Waals surface area (Å²) in [6.45, 7) is 3.91. The molecule has 2 aromatic rings. The highest BCUT2D eigenvalue weighted by Gasteiger charge is 2.18. The normalized spacial score (nSPS) is 12.7. The fourth-order valence-corrected chi connectivity index (χ4v) is 4.66. The number of rotatable bonds is 16. The van der Waals surface area contributed by atoms with Crippen molar-refractivity contribution < 1.29 is 17.7 Å². The predicted molar refractivity (Wildman–Crippen MR) is 131 cm³/mol. The van der Waals surface area contributed by atoms with E-state index in [9.17, 15) is 13.5 Å². The van der Waals surface area contributed by atoms with E-state index in [1.54, 1.807) is 24.3 Å². The summed E-state index contributed by atoms with van der Waals surface area (Å²) in [6, 6.07) is 14.2. The fourth-order valence-electron chi connectivity index (χ4n) is 3.75. The number of aryl methyl sites for hydroxylation is 2. The van der Waals surface area contributed by atoms with Crippen molar-refractivity contribution in [2.75, 3.05) is 6.61 Å². The lowest BCUT2D eigenvalue weighted by Gasteiger charge is -2.12. The third-order valence-corrected chi connectivity index (χ3v) is 7.17. The minimum atomic E-state index is -3.89. The van der Waals surface area contributed by atoms with Gasteiger partial charge in [-0.05, 0) is 43.0 Å². The average Bonchev–Trinajstić information content (AvgIpc) is 2.79. The summed E-state index contributed by atoms with van der Waals surface area (Å²) in [6.07, 6.45) is 13.0. The van der Waals surface area contributed by atoms with Crippen molar-refractivity contribution in [2.24, 2.45) is 0 Å². The second-order valence-corrected chi connectivity index (χ2v) is 10.4. The minimum absolute atomic E-state index is 0.125. The number of aliphatic hydroxyl groups excluding tert-OH is 1. The molecule has 0 spiro atoms. The molecular formula is C27H40O4S. The highest BCUT2D eigenvalue weighted by Crippen LogP contribution is 2.19. The molecule has 178 valence electrons. The van der Waals surface area contributed by atoms with Crippen molar-refractivity contribution >= 4 is 10.1 Å². The number of hydrogen-bond donors (Lipinski definition) is 1. The van der Waals surface area contributed by atoms with Crippen LogP contribution < -0.4 is 0 Å². The summed E-state index contributed by atoms with van der Waals surface area (Å²) >= 11 is 0. The Morgan fingerprint density at radius 1 is 0.781 bits per heavy atom. The van der Waals surface area contributed by atoms with Gasteiger partial charge >= 0.3 is 0 Å². The topological polar surface area (TPSA) is 63.6 Å². The summed E-state index contributed by atoms with van der Waals surface area (Å²) in [4.78, 5) is 0.125. The van der Waals surface area contributed by atoms with Gasteiger partial charge in [0.1, 0.15) is 6.10 Å². The first-order valence-electron chi connectivity index (χ1n) is 12.2. The van der Waals surface area contributed by atoms with Gasteiger partial charge in [0.15, 0.2) is 0 Å². The Kier molecular flexibility index (Phi) is 12.0. The second kappa shape index (κ2) is 14.5. The van der Waals surface area contributed by atoms with Gasteiger partial charge in [-0.1, -0.05) is 107 Å². The van der Waals surface area contributed by atoms with Gasteiger partial charge in [-0.25, -0.2) is 0 Å². The van der Waals surface area contributed by atoms with Crippen LogP contribution in [0.2, 0.25) is 0 Å². The molecule has 2 aromatic carbocycles. The molecule has 5 heteroatoms. The van der Waals surface area contributed by atoms with E-state index in [2.05, 4.69) is 6.92 Å². The van der Waals surface area contributed by atoms with Crippen LogP contribution >= 0.6 is 0 Å². The molecule has 1 N–H and O–H groups in total. The molecule has 0 radical (unpaired) electrons. The van der Waals surface area contributed by atoms with E-state index < -0.39 is 16.2 Å². The molecule has 2 rings (SSSR count). The lowest BCUT2D eigenvalue weighted by Crippen LogP contribution is -2.13. The van der Waals surface area contributed by atoms with E-state index in [1.807, 2.05) is 31.2 Å². The molecule has 4 nitrogen and oxygen atoms in total. The van der Waals surface area contributed by atoms with Crippen molar-refractivity contribution in [1.82, 2.24) is 0 Å². The lowest BCUT2D eigenvalue weighted by atomic mass is 10.0. The molecule has 0 fully saturated rings. The van der Waals surface area contributed by atoms with E-state index in [0.29, 0.717) is 5.56 Å². The van der Waals surface area contributed by atoms with Crippen LogP contribution in [-0.2, 0) is 20.7 Å². The van der Waals surface area contributed by atoms with E-state index in [4.69, 9.17) is 4.18 Å². The molecule has 32 heavy (non-hydrogen) atoms. The highest BCUT2D eigenvalue weighted by molar-refractivity contribution is 7.86. The molecule has 0 aliphatic carbocycles. The van der Waals surface area contributed by atoms with Crippen LogP contribution in [0.3, 0.4) is 0 Å². The molecular weight excluding hydrogens is 420 g/mol. The van der Waals surface area contributed by atoms with Crippen LogP contribution in [0.4, 0.5) is 0 Å².